The van der Waals surface area contributed by atoms with Gasteiger partial charge in [-0.15, -0.1) is 0 Å². The molecule has 1 atom stereocenters. The molecule has 1 saturated heterocycles. The second-order valence-corrected chi connectivity index (χ2v) is 6.80. The molecule has 1 amide bonds. The summed E-state index contributed by atoms with van der Waals surface area (Å²) in [6.07, 6.45) is -2.60. The number of rotatable bonds is 4. The Balaban J connectivity index is 1.56. The van der Waals surface area contributed by atoms with Gasteiger partial charge >= 0.3 is 6.18 Å². The molecule has 150 valence electrons. The minimum atomic E-state index is -4.52. The van der Waals surface area contributed by atoms with E-state index in [0.29, 0.717) is 25.9 Å². The third kappa shape index (κ3) is 4.76. The summed E-state index contributed by atoms with van der Waals surface area (Å²) in [5, 5.41) is 2.91. The van der Waals surface area contributed by atoms with Gasteiger partial charge in [0.2, 0.25) is 5.91 Å². The summed E-state index contributed by atoms with van der Waals surface area (Å²) in [6.45, 7) is 2.68. The predicted octanol–water partition coefficient (Wildman–Crippen LogP) is 3.73. The van der Waals surface area contributed by atoms with Crippen LogP contribution in [0, 0.1) is 11.7 Å². The van der Waals surface area contributed by atoms with Gasteiger partial charge in [0.25, 0.3) is 0 Å². The molecular formula is C19H20F4N4O. The molecule has 0 spiro atoms. The number of carbonyl (C=O) groups excluding carboxylic acids is 1. The lowest BCUT2D eigenvalue weighted by Gasteiger charge is -2.32. The first kappa shape index (κ1) is 20.0. The number of aromatic nitrogens is 2. The maximum Gasteiger partial charge on any atom is 0.433 e. The highest BCUT2D eigenvalue weighted by atomic mass is 19.4. The van der Waals surface area contributed by atoms with Crippen molar-refractivity contribution in [3.8, 4) is 0 Å². The molecule has 1 aliphatic heterocycles. The molecule has 2 aromatic rings. The van der Waals surface area contributed by atoms with Gasteiger partial charge in [0.05, 0.1) is 6.04 Å². The molecule has 2 heterocycles. The largest absolute Gasteiger partial charge is 0.433 e. The van der Waals surface area contributed by atoms with E-state index >= 15 is 0 Å². The third-order valence-corrected chi connectivity index (χ3v) is 4.86. The van der Waals surface area contributed by atoms with Gasteiger partial charge in [-0.2, -0.15) is 13.2 Å². The quantitative estimate of drug-likeness (QED) is 0.801. The number of carbonyl (C=O) groups is 1. The summed E-state index contributed by atoms with van der Waals surface area (Å²) < 4.78 is 51.4. The topological polar surface area (TPSA) is 58.1 Å². The molecule has 0 saturated carbocycles. The third-order valence-electron chi connectivity index (χ3n) is 4.86. The zero-order chi connectivity index (χ0) is 20.3. The fraction of sp³-hybridized carbons (Fsp3) is 0.421. The standard InChI is InChI=1S/C19H20F4N4O/c1-12(13-2-4-15(20)5-3-13)26-18(28)14-6-8-27(9-7-14)17-10-16(19(21,22)23)24-11-25-17/h2-5,10-12,14H,6-9H2,1H3,(H,26,28)/t12-/m1/s1. The lowest BCUT2D eigenvalue weighted by molar-refractivity contribution is -0.141. The fourth-order valence-electron chi connectivity index (χ4n) is 3.21. The van der Waals surface area contributed by atoms with Crippen LogP contribution in [0.3, 0.4) is 0 Å². The number of benzene rings is 1. The average molecular weight is 396 g/mol. The number of hydrogen-bond acceptors (Lipinski definition) is 4. The fourth-order valence-corrected chi connectivity index (χ4v) is 3.21. The molecule has 1 fully saturated rings. The van der Waals surface area contributed by atoms with Crippen LogP contribution in [0.15, 0.2) is 36.7 Å². The number of alkyl halides is 3. The second kappa shape index (κ2) is 8.12. The van der Waals surface area contributed by atoms with E-state index in [1.54, 1.807) is 17.0 Å². The van der Waals surface area contributed by atoms with Gasteiger partial charge in [-0.1, -0.05) is 12.1 Å². The Morgan fingerprint density at radius 2 is 1.82 bits per heavy atom. The molecule has 1 aromatic carbocycles. The first-order chi connectivity index (χ1) is 13.2. The summed E-state index contributed by atoms with van der Waals surface area (Å²) in [5.41, 5.74) is -0.182. The number of anilines is 1. The minimum Gasteiger partial charge on any atom is -0.356 e. The molecule has 9 heteroatoms. The Labute approximate surface area is 159 Å². The van der Waals surface area contributed by atoms with E-state index in [1.807, 2.05) is 6.92 Å². The van der Waals surface area contributed by atoms with E-state index < -0.39 is 11.9 Å². The maximum atomic E-state index is 13.0. The van der Waals surface area contributed by atoms with E-state index in [0.717, 1.165) is 18.0 Å². The Morgan fingerprint density at radius 3 is 2.43 bits per heavy atom. The number of nitrogens with one attached hydrogen (secondary N) is 1. The van der Waals surface area contributed by atoms with Crippen molar-refractivity contribution in [3.05, 3.63) is 53.7 Å². The highest BCUT2D eigenvalue weighted by molar-refractivity contribution is 5.79. The summed E-state index contributed by atoms with van der Waals surface area (Å²) in [6, 6.07) is 6.59. The first-order valence-corrected chi connectivity index (χ1v) is 8.94. The molecule has 3 rings (SSSR count). The molecule has 1 N–H and O–H groups in total. The van der Waals surface area contributed by atoms with Crippen LogP contribution in [-0.4, -0.2) is 29.0 Å². The van der Waals surface area contributed by atoms with Crippen molar-refractivity contribution in [1.82, 2.24) is 15.3 Å². The van der Waals surface area contributed by atoms with Crippen LogP contribution in [0.4, 0.5) is 23.4 Å². The predicted molar refractivity (Wildman–Crippen MR) is 94.9 cm³/mol. The minimum absolute atomic E-state index is 0.116. The number of halogens is 4. The Kier molecular flexibility index (Phi) is 5.81. The van der Waals surface area contributed by atoms with Gasteiger partial charge in [0, 0.05) is 25.1 Å². The van der Waals surface area contributed by atoms with E-state index in [9.17, 15) is 22.4 Å². The van der Waals surface area contributed by atoms with Gasteiger partial charge < -0.3 is 10.2 Å². The summed E-state index contributed by atoms with van der Waals surface area (Å²) >= 11 is 0. The molecule has 0 bridgehead atoms. The van der Waals surface area contributed by atoms with Crippen molar-refractivity contribution in [2.24, 2.45) is 5.92 Å². The van der Waals surface area contributed by atoms with Gasteiger partial charge in [-0.05, 0) is 37.5 Å². The molecule has 1 aromatic heterocycles. The van der Waals surface area contributed by atoms with Crippen LogP contribution in [0.25, 0.3) is 0 Å². The van der Waals surface area contributed by atoms with Crippen LogP contribution < -0.4 is 10.2 Å². The van der Waals surface area contributed by atoms with Gasteiger partial charge in [-0.25, -0.2) is 14.4 Å². The van der Waals surface area contributed by atoms with E-state index in [1.165, 1.54) is 12.1 Å². The average Bonchev–Trinajstić information content (AvgIpc) is 2.68. The smallest absolute Gasteiger partial charge is 0.356 e. The number of piperidine rings is 1. The van der Waals surface area contributed by atoms with E-state index in [2.05, 4.69) is 15.3 Å². The number of amides is 1. The second-order valence-electron chi connectivity index (χ2n) is 6.80. The summed E-state index contributed by atoms with van der Waals surface area (Å²) in [7, 11) is 0. The van der Waals surface area contributed by atoms with E-state index in [-0.39, 0.29) is 29.5 Å². The molecule has 1 aliphatic rings. The summed E-state index contributed by atoms with van der Waals surface area (Å²) in [5.74, 6) is -0.480. The number of hydrogen-bond donors (Lipinski definition) is 1. The van der Waals surface area contributed by atoms with Crippen molar-refractivity contribution in [3.63, 3.8) is 0 Å². The number of nitrogens with zero attached hydrogens (tertiary/aromatic N) is 3. The molecule has 0 aliphatic carbocycles. The molecular weight excluding hydrogens is 376 g/mol. The Morgan fingerprint density at radius 1 is 1.18 bits per heavy atom. The van der Waals surface area contributed by atoms with Crippen LogP contribution in [0.1, 0.15) is 37.1 Å². The summed E-state index contributed by atoms with van der Waals surface area (Å²) in [4.78, 5) is 21.4. The van der Waals surface area contributed by atoms with Crippen molar-refractivity contribution in [2.75, 3.05) is 18.0 Å². The maximum absolute atomic E-state index is 13.0. The Hall–Kier alpha value is -2.71. The normalized spacial score (nSPS) is 16.7. The molecule has 5 nitrogen and oxygen atoms in total. The zero-order valence-corrected chi connectivity index (χ0v) is 15.2. The van der Waals surface area contributed by atoms with Gasteiger partial charge in [0.1, 0.15) is 23.7 Å². The lowest BCUT2D eigenvalue weighted by atomic mass is 9.95. The van der Waals surface area contributed by atoms with Crippen LogP contribution in [0.2, 0.25) is 0 Å². The van der Waals surface area contributed by atoms with Crippen LogP contribution in [-0.2, 0) is 11.0 Å². The van der Waals surface area contributed by atoms with Crippen molar-refractivity contribution in [1.29, 1.82) is 0 Å². The van der Waals surface area contributed by atoms with Gasteiger partial charge in [-0.3, -0.25) is 4.79 Å². The van der Waals surface area contributed by atoms with Crippen molar-refractivity contribution in [2.45, 2.75) is 32.0 Å². The van der Waals surface area contributed by atoms with Crippen LogP contribution in [0.5, 0.6) is 0 Å². The lowest BCUT2D eigenvalue weighted by Crippen LogP contribution is -2.41. The highest BCUT2D eigenvalue weighted by Crippen LogP contribution is 2.30. The molecule has 0 radical (unpaired) electrons. The first-order valence-electron chi connectivity index (χ1n) is 8.94. The van der Waals surface area contributed by atoms with Gasteiger partial charge in [0.15, 0.2) is 0 Å². The monoisotopic (exact) mass is 396 g/mol. The van der Waals surface area contributed by atoms with E-state index in [4.69, 9.17) is 0 Å². The van der Waals surface area contributed by atoms with Crippen molar-refractivity contribution < 1.29 is 22.4 Å². The Bertz CT molecular complexity index is 817. The molecule has 28 heavy (non-hydrogen) atoms. The highest BCUT2D eigenvalue weighted by Gasteiger charge is 2.34. The zero-order valence-electron chi connectivity index (χ0n) is 15.2. The molecule has 0 unspecified atom stereocenters. The van der Waals surface area contributed by atoms with Crippen molar-refractivity contribution >= 4 is 11.7 Å². The van der Waals surface area contributed by atoms with Crippen LogP contribution >= 0.6 is 0 Å². The SMILES string of the molecule is C[C@@H](NC(=O)C1CCN(c2cc(C(F)(F)F)ncn2)CC1)c1ccc(F)cc1.